The van der Waals surface area contributed by atoms with Crippen LogP contribution in [0.3, 0.4) is 0 Å². The Kier molecular flexibility index (Phi) is 6.91. The third-order valence-corrected chi connectivity index (χ3v) is 7.13. The third-order valence-electron chi connectivity index (χ3n) is 7.13. The van der Waals surface area contributed by atoms with E-state index in [-0.39, 0.29) is 24.9 Å². The summed E-state index contributed by atoms with van der Waals surface area (Å²) >= 11 is 0. The fourth-order valence-electron chi connectivity index (χ4n) is 5.29. The number of nitrogens with zero attached hydrogens (tertiary/aromatic N) is 1. The van der Waals surface area contributed by atoms with Gasteiger partial charge in [-0.25, -0.2) is 9.59 Å². The quantitative estimate of drug-likeness (QED) is 0.598. The van der Waals surface area contributed by atoms with Crippen LogP contribution in [-0.2, 0) is 14.3 Å². The van der Waals surface area contributed by atoms with Crippen molar-refractivity contribution in [2.75, 3.05) is 13.2 Å². The van der Waals surface area contributed by atoms with Gasteiger partial charge in [-0.2, -0.15) is 0 Å². The largest absolute Gasteiger partial charge is 0.480 e. The molecular formula is C27H32N2O5. The summed E-state index contributed by atoms with van der Waals surface area (Å²) in [5, 5.41) is 12.4. The number of carboxylic acids is 1. The molecule has 4 rings (SSSR count). The Hall–Kier alpha value is -3.35. The molecule has 7 heteroatoms. The number of fused-ring (bicyclic) bond motifs is 3. The summed E-state index contributed by atoms with van der Waals surface area (Å²) in [6.45, 7) is 4.20. The maximum absolute atomic E-state index is 12.9. The molecule has 2 aromatic rings. The Morgan fingerprint density at radius 1 is 1.12 bits per heavy atom. The minimum Gasteiger partial charge on any atom is -0.480 e. The lowest BCUT2D eigenvalue weighted by Gasteiger charge is -2.32. The highest BCUT2D eigenvalue weighted by Gasteiger charge is 2.46. The van der Waals surface area contributed by atoms with Crippen LogP contribution in [0.15, 0.2) is 48.5 Å². The van der Waals surface area contributed by atoms with Gasteiger partial charge in [0, 0.05) is 24.9 Å². The Morgan fingerprint density at radius 2 is 1.74 bits per heavy atom. The number of hydrogen-bond acceptors (Lipinski definition) is 4. The van der Waals surface area contributed by atoms with Crippen LogP contribution < -0.4 is 5.32 Å². The summed E-state index contributed by atoms with van der Waals surface area (Å²) in [6, 6.07) is 15.9. The first-order valence-electron chi connectivity index (χ1n) is 12.0. The van der Waals surface area contributed by atoms with E-state index in [4.69, 9.17) is 4.74 Å². The second kappa shape index (κ2) is 9.87. The van der Waals surface area contributed by atoms with Gasteiger partial charge in [-0.1, -0.05) is 61.9 Å². The van der Waals surface area contributed by atoms with Gasteiger partial charge in [0.2, 0.25) is 5.91 Å². The van der Waals surface area contributed by atoms with E-state index in [0.29, 0.717) is 25.8 Å². The zero-order valence-electron chi connectivity index (χ0n) is 19.8. The second-order valence-electron chi connectivity index (χ2n) is 9.39. The van der Waals surface area contributed by atoms with Gasteiger partial charge >= 0.3 is 12.1 Å². The molecule has 0 spiro atoms. The summed E-state index contributed by atoms with van der Waals surface area (Å²) in [4.78, 5) is 38.8. The molecular weight excluding hydrogens is 432 g/mol. The van der Waals surface area contributed by atoms with Crippen molar-refractivity contribution in [2.45, 2.75) is 63.5 Å². The molecule has 2 N–H and O–H groups in total. The molecule has 1 heterocycles. The van der Waals surface area contributed by atoms with Crippen LogP contribution in [0.25, 0.3) is 11.1 Å². The van der Waals surface area contributed by atoms with Crippen molar-refractivity contribution < 1.29 is 24.2 Å². The summed E-state index contributed by atoms with van der Waals surface area (Å²) in [6.07, 6.45) is 1.97. The van der Waals surface area contributed by atoms with Crippen molar-refractivity contribution in [1.82, 2.24) is 10.2 Å². The fourth-order valence-corrected chi connectivity index (χ4v) is 5.29. The molecule has 0 radical (unpaired) electrons. The van der Waals surface area contributed by atoms with Gasteiger partial charge in [-0.3, -0.25) is 4.79 Å². The zero-order valence-corrected chi connectivity index (χ0v) is 19.8. The van der Waals surface area contributed by atoms with Gasteiger partial charge in [-0.15, -0.1) is 0 Å². The smallest absolute Gasteiger partial charge is 0.407 e. The number of nitrogens with one attached hydrogen (secondary N) is 1. The Balaban J connectivity index is 1.39. The van der Waals surface area contributed by atoms with Crippen molar-refractivity contribution in [3.63, 3.8) is 0 Å². The molecule has 0 aromatic heterocycles. The number of hydrogen-bond donors (Lipinski definition) is 2. The predicted molar refractivity (Wildman–Crippen MR) is 129 cm³/mol. The second-order valence-corrected chi connectivity index (χ2v) is 9.39. The Morgan fingerprint density at radius 3 is 2.32 bits per heavy atom. The number of carbonyl (C=O) groups excluding carboxylic acids is 2. The first-order chi connectivity index (χ1) is 16.3. The van der Waals surface area contributed by atoms with E-state index in [1.165, 1.54) is 4.90 Å². The van der Waals surface area contributed by atoms with Crippen LogP contribution >= 0.6 is 0 Å². The van der Waals surface area contributed by atoms with Crippen molar-refractivity contribution in [1.29, 1.82) is 0 Å². The van der Waals surface area contributed by atoms with E-state index in [2.05, 4.69) is 29.6 Å². The number of benzene rings is 2. The first kappa shape index (κ1) is 23.8. The first-order valence-corrected chi connectivity index (χ1v) is 12.0. The van der Waals surface area contributed by atoms with E-state index in [9.17, 15) is 19.5 Å². The van der Waals surface area contributed by atoms with Crippen molar-refractivity contribution in [2.24, 2.45) is 0 Å². The molecule has 1 aliphatic carbocycles. The zero-order chi connectivity index (χ0) is 24.3. The van der Waals surface area contributed by atoms with Crippen LogP contribution in [0, 0.1) is 0 Å². The number of carboxylic acid groups (broad SMARTS) is 1. The normalized spacial score (nSPS) is 19.9. The van der Waals surface area contributed by atoms with E-state index < -0.39 is 23.6 Å². The van der Waals surface area contributed by atoms with Gasteiger partial charge in [0.15, 0.2) is 0 Å². The number of amides is 2. The number of alkyl carbamates (subject to hydrolysis) is 1. The van der Waals surface area contributed by atoms with E-state index in [0.717, 1.165) is 28.7 Å². The molecule has 2 atom stereocenters. The topological polar surface area (TPSA) is 95.9 Å². The van der Waals surface area contributed by atoms with Crippen LogP contribution in [0.1, 0.15) is 63.0 Å². The van der Waals surface area contributed by atoms with Gasteiger partial charge < -0.3 is 20.1 Å². The average Bonchev–Trinajstić information content (AvgIpc) is 3.37. The summed E-state index contributed by atoms with van der Waals surface area (Å²) < 4.78 is 5.63. The number of carbonyl (C=O) groups is 3. The van der Waals surface area contributed by atoms with Crippen LogP contribution in [0.4, 0.5) is 4.79 Å². The molecule has 1 saturated heterocycles. The number of aliphatic carboxylic acids is 1. The Bertz CT molecular complexity index is 1040. The van der Waals surface area contributed by atoms with Gasteiger partial charge in [0.1, 0.15) is 12.1 Å². The lowest BCUT2D eigenvalue weighted by molar-refractivity contribution is -0.155. The minimum atomic E-state index is -1.18. The standard InChI is InChI=1S/C27H32N2O5/c1-3-9-18(16-24(30)29-15-8-14-27(29,2)25(31)32)28-26(33)34-17-23-21-12-6-4-10-19(21)20-11-5-7-13-22(20)23/h4-7,10-13,18,23H,3,8-9,14-17H2,1-2H3,(H,28,33)(H,31,32)/t18-,27?/m0/s1. The predicted octanol–water partition coefficient (Wildman–Crippen LogP) is 4.55. The third kappa shape index (κ3) is 4.52. The van der Waals surface area contributed by atoms with Crippen LogP contribution in [0.2, 0.25) is 0 Å². The number of likely N-dealkylation sites (tertiary alicyclic amines) is 1. The molecule has 0 saturated carbocycles. The molecule has 2 aliphatic rings. The molecule has 0 bridgehead atoms. The molecule has 1 fully saturated rings. The molecule has 2 aromatic carbocycles. The lowest BCUT2D eigenvalue weighted by Crippen LogP contribution is -2.52. The minimum absolute atomic E-state index is 0.0368. The van der Waals surface area contributed by atoms with Gasteiger partial charge in [-0.05, 0) is 48.4 Å². The fraction of sp³-hybridized carbons (Fsp3) is 0.444. The van der Waals surface area contributed by atoms with Crippen molar-refractivity contribution in [3.8, 4) is 11.1 Å². The molecule has 1 aliphatic heterocycles. The van der Waals surface area contributed by atoms with E-state index in [1.807, 2.05) is 31.2 Å². The summed E-state index contributed by atoms with van der Waals surface area (Å²) in [5.74, 6) is -1.28. The van der Waals surface area contributed by atoms with Gasteiger partial charge in [0.05, 0.1) is 0 Å². The highest BCUT2D eigenvalue weighted by atomic mass is 16.5. The maximum Gasteiger partial charge on any atom is 0.407 e. The SMILES string of the molecule is CCC[C@@H](CC(=O)N1CCCC1(C)C(=O)O)NC(=O)OCC1c2ccccc2-c2ccccc21. The van der Waals surface area contributed by atoms with Crippen molar-refractivity contribution >= 4 is 18.0 Å². The maximum atomic E-state index is 12.9. The molecule has 7 nitrogen and oxygen atoms in total. The molecule has 180 valence electrons. The highest BCUT2D eigenvalue weighted by molar-refractivity contribution is 5.88. The van der Waals surface area contributed by atoms with Crippen molar-refractivity contribution in [3.05, 3.63) is 59.7 Å². The van der Waals surface area contributed by atoms with Crippen LogP contribution in [-0.4, -0.2) is 52.7 Å². The summed E-state index contributed by atoms with van der Waals surface area (Å²) in [5.41, 5.74) is 3.41. The number of ether oxygens (including phenoxy) is 1. The van der Waals surface area contributed by atoms with Gasteiger partial charge in [0.25, 0.3) is 0 Å². The lowest BCUT2D eigenvalue weighted by atomic mass is 9.98. The molecule has 2 amide bonds. The summed E-state index contributed by atoms with van der Waals surface area (Å²) in [7, 11) is 0. The van der Waals surface area contributed by atoms with E-state index >= 15 is 0 Å². The average molecular weight is 465 g/mol. The molecule has 34 heavy (non-hydrogen) atoms. The highest BCUT2D eigenvalue weighted by Crippen LogP contribution is 2.44. The molecule has 1 unspecified atom stereocenters. The van der Waals surface area contributed by atoms with E-state index in [1.54, 1.807) is 6.92 Å². The monoisotopic (exact) mass is 464 g/mol. The Labute approximate surface area is 200 Å². The number of rotatable bonds is 8. The van der Waals surface area contributed by atoms with Crippen LogP contribution in [0.5, 0.6) is 0 Å².